The number of rotatable bonds is 5. The van der Waals surface area contributed by atoms with Gasteiger partial charge in [-0.2, -0.15) is 0 Å². The van der Waals surface area contributed by atoms with Crippen LogP contribution in [0.2, 0.25) is 5.15 Å². The van der Waals surface area contributed by atoms with E-state index in [0.29, 0.717) is 11.7 Å². The van der Waals surface area contributed by atoms with Gasteiger partial charge in [0.15, 0.2) is 5.16 Å². The number of halogens is 1. The summed E-state index contributed by atoms with van der Waals surface area (Å²) in [6, 6.07) is 15.7. The predicted octanol–water partition coefficient (Wildman–Crippen LogP) is 4.53. The Kier molecular flexibility index (Phi) is 5.10. The molecule has 116 valence electrons. The standard InChI is InChI=1S/C17H15ClN4S/c1-23-17-19-8-7-16(22-17)20-11-12-9-14(21-15(18)10-12)13-5-3-2-4-6-13/h2-10H,11H2,1H3,(H,19,20,22). The summed E-state index contributed by atoms with van der Waals surface area (Å²) in [6.45, 7) is 0.618. The van der Waals surface area contributed by atoms with Crippen molar-refractivity contribution < 1.29 is 0 Å². The summed E-state index contributed by atoms with van der Waals surface area (Å²) in [5.74, 6) is 0.790. The van der Waals surface area contributed by atoms with Crippen molar-refractivity contribution in [1.82, 2.24) is 15.0 Å². The van der Waals surface area contributed by atoms with E-state index in [0.717, 1.165) is 27.8 Å². The van der Waals surface area contributed by atoms with Crippen LogP contribution in [-0.4, -0.2) is 21.2 Å². The van der Waals surface area contributed by atoms with E-state index in [9.17, 15) is 0 Å². The fourth-order valence-corrected chi connectivity index (χ4v) is 2.73. The number of thioether (sulfide) groups is 1. The molecule has 2 heterocycles. The van der Waals surface area contributed by atoms with Crippen molar-refractivity contribution in [2.45, 2.75) is 11.7 Å². The van der Waals surface area contributed by atoms with Crippen molar-refractivity contribution in [3.63, 3.8) is 0 Å². The Bertz CT molecular complexity index is 796. The van der Waals surface area contributed by atoms with Crippen LogP contribution in [0, 0.1) is 0 Å². The number of hydrogen-bond donors (Lipinski definition) is 1. The van der Waals surface area contributed by atoms with Gasteiger partial charge in [0.25, 0.3) is 0 Å². The molecule has 4 nitrogen and oxygen atoms in total. The average molecular weight is 343 g/mol. The highest BCUT2D eigenvalue weighted by Gasteiger charge is 2.05. The first kappa shape index (κ1) is 15.8. The van der Waals surface area contributed by atoms with Crippen LogP contribution in [0.4, 0.5) is 5.82 Å². The fraction of sp³-hybridized carbons (Fsp3) is 0.118. The largest absolute Gasteiger partial charge is 0.366 e. The number of hydrogen-bond acceptors (Lipinski definition) is 5. The molecule has 0 bridgehead atoms. The lowest BCUT2D eigenvalue weighted by molar-refractivity contribution is 0.955. The van der Waals surface area contributed by atoms with Gasteiger partial charge in [0.05, 0.1) is 5.69 Å². The normalized spacial score (nSPS) is 10.5. The van der Waals surface area contributed by atoms with Crippen molar-refractivity contribution in [1.29, 1.82) is 0 Å². The van der Waals surface area contributed by atoms with Gasteiger partial charge in [-0.05, 0) is 30.0 Å². The Hall–Kier alpha value is -2.11. The highest BCUT2D eigenvalue weighted by molar-refractivity contribution is 7.98. The van der Waals surface area contributed by atoms with Gasteiger partial charge in [0.1, 0.15) is 11.0 Å². The van der Waals surface area contributed by atoms with Crippen LogP contribution in [-0.2, 0) is 6.54 Å². The van der Waals surface area contributed by atoms with Gasteiger partial charge in [-0.15, -0.1) is 0 Å². The van der Waals surface area contributed by atoms with E-state index in [4.69, 9.17) is 11.6 Å². The molecule has 0 atom stereocenters. The fourth-order valence-electron chi connectivity index (χ4n) is 2.14. The molecule has 0 saturated carbocycles. The minimum absolute atomic E-state index is 0.482. The zero-order chi connectivity index (χ0) is 16.1. The highest BCUT2D eigenvalue weighted by atomic mass is 35.5. The Morgan fingerprint density at radius 3 is 2.70 bits per heavy atom. The third-order valence-electron chi connectivity index (χ3n) is 3.21. The van der Waals surface area contributed by atoms with Gasteiger partial charge in [-0.25, -0.2) is 15.0 Å². The minimum Gasteiger partial charge on any atom is -0.366 e. The number of aromatic nitrogens is 3. The second-order valence-electron chi connectivity index (χ2n) is 4.83. The van der Waals surface area contributed by atoms with Gasteiger partial charge in [-0.1, -0.05) is 53.7 Å². The monoisotopic (exact) mass is 342 g/mol. The van der Waals surface area contributed by atoms with E-state index in [1.54, 1.807) is 6.20 Å². The lowest BCUT2D eigenvalue weighted by Gasteiger charge is -2.09. The molecule has 0 spiro atoms. The highest BCUT2D eigenvalue weighted by Crippen LogP contribution is 2.21. The van der Waals surface area contributed by atoms with E-state index in [1.165, 1.54) is 11.8 Å². The molecule has 2 aromatic heterocycles. The van der Waals surface area contributed by atoms with E-state index < -0.39 is 0 Å². The molecule has 6 heteroatoms. The number of pyridine rings is 1. The first-order valence-corrected chi connectivity index (χ1v) is 8.67. The van der Waals surface area contributed by atoms with Crippen molar-refractivity contribution >= 4 is 29.2 Å². The molecular weight excluding hydrogens is 328 g/mol. The van der Waals surface area contributed by atoms with Crippen LogP contribution in [0.1, 0.15) is 5.56 Å². The van der Waals surface area contributed by atoms with Crippen LogP contribution >= 0.6 is 23.4 Å². The Morgan fingerprint density at radius 1 is 1.09 bits per heavy atom. The number of nitrogens with zero attached hydrogens (tertiary/aromatic N) is 3. The number of benzene rings is 1. The molecule has 3 aromatic rings. The molecule has 3 rings (SSSR count). The third-order valence-corrected chi connectivity index (χ3v) is 3.97. The zero-order valence-electron chi connectivity index (χ0n) is 12.5. The number of nitrogens with one attached hydrogen (secondary N) is 1. The Morgan fingerprint density at radius 2 is 1.91 bits per heavy atom. The molecule has 0 aliphatic carbocycles. The average Bonchev–Trinajstić information content (AvgIpc) is 2.60. The summed E-state index contributed by atoms with van der Waals surface area (Å²) in [7, 11) is 0. The van der Waals surface area contributed by atoms with Gasteiger partial charge in [0, 0.05) is 18.3 Å². The van der Waals surface area contributed by atoms with Gasteiger partial charge < -0.3 is 5.32 Å². The summed E-state index contributed by atoms with van der Waals surface area (Å²) in [5, 5.41) is 4.52. The van der Waals surface area contributed by atoms with E-state index in [-0.39, 0.29) is 0 Å². The van der Waals surface area contributed by atoms with Gasteiger partial charge >= 0.3 is 0 Å². The molecule has 0 aliphatic heterocycles. The Balaban J connectivity index is 1.79. The summed E-state index contributed by atoms with van der Waals surface area (Å²) in [5.41, 5.74) is 2.96. The first-order chi connectivity index (χ1) is 11.2. The summed E-state index contributed by atoms with van der Waals surface area (Å²) >= 11 is 7.67. The Labute approximate surface area is 144 Å². The van der Waals surface area contributed by atoms with E-state index >= 15 is 0 Å². The van der Waals surface area contributed by atoms with Crippen molar-refractivity contribution in [2.24, 2.45) is 0 Å². The van der Waals surface area contributed by atoms with Gasteiger partial charge in [-0.3, -0.25) is 0 Å². The van der Waals surface area contributed by atoms with Crippen LogP contribution in [0.25, 0.3) is 11.3 Å². The molecule has 23 heavy (non-hydrogen) atoms. The molecule has 0 unspecified atom stereocenters. The van der Waals surface area contributed by atoms with Crippen LogP contribution < -0.4 is 5.32 Å². The second kappa shape index (κ2) is 7.44. The molecular formula is C17H15ClN4S. The lowest BCUT2D eigenvalue weighted by atomic mass is 10.1. The molecule has 0 saturated heterocycles. The smallest absolute Gasteiger partial charge is 0.189 e. The SMILES string of the molecule is CSc1nccc(NCc2cc(Cl)nc(-c3ccccc3)c2)n1. The van der Waals surface area contributed by atoms with Crippen molar-refractivity contribution in [3.8, 4) is 11.3 Å². The third kappa shape index (κ3) is 4.21. The summed E-state index contributed by atoms with van der Waals surface area (Å²) < 4.78 is 0. The first-order valence-electron chi connectivity index (χ1n) is 7.07. The molecule has 0 fully saturated rings. The second-order valence-corrected chi connectivity index (χ2v) is 5.99. The van der Waals surface area contributed by atoms with E-state index in [1.807, 2.05) is 54.8 Å². The van der Waals surface area contributed by atoms with Crippen LogP contribution in [0.15, 0.2) is 59.9 Å². The van der Waals surface area contributed by atoms with Crippen LogP contribution in [0.3, 0.4) is 0 Å². The summed E-state index contributed by atoms with van der Waals surface area (Å²) in [6.07, 6.45) is 3.70. The van der Waals surface area contributed by atoms with Crippen LogP contribution in [0.5, 0.6) is 0 Å². The molecule has 1 aromatic carbocycles. The van der Waals surface area contributed by atoms with Crippen molar-refractivity contribution in [2.75, 3.05) is 11.6 Å². The summed E-state index contributed by atoms with van der Waals surface area (Å²) in [4.78, 5) is 13.0. The zero-order valence-corrected chi connectivity index (χ0v) is 14.1. The quantitative estimate of drug-likeness (QED) is 0.419. The van der Waals surface area contributed by atoms with Crippen molar-refractivity contribution in [3.05, 3.63) is 65.4 Å². The maximum Gasteiger partial charge on any atom is 0.189 e. The topological polar surface area (TPSA) is 50.7 Å². The molecule has 0 aliphatic rings. The lowest BCUT2D eigenvalue weighted by Crippen LogP contribution is -2.03. The molecule has 1 N–H and O–H groups in total. The molecule has 0 radical (unpaired) electrons. The maximum atomic E-state index is 6.16. The maximum absolute atomic E-state index is 6.16. The predicted molar refractivity (Wildman–Crippen MR) is 95.8 cm³/mol. The molecule has 0 amide bonds. The van der Waals surface area contributed by atoms with Gasteiger partial charge in [0.2, 0.25) is 0 Å². The minimum atomic E-state index is 0.482. The van der Waals surface area contributed by atoms with E-state index in [2.05, 4.69) is 20.3 Å². The number of anilines is 1.